The van der Waals surface area contributed by atoms with E-state index in [4.69, 9.17) is 11.6 Å². The second kappa shape index (κ2) is 19.7. The first-order valence-corrected chi connectivity index (χ1v) is 24.5. The van der Waals surface area contributed by atoms with Gasteiger partial charge in [-0.1, -0.05) is 163 Å². The number of nitrogens with zero attached hydrogens (tertiary/aromatic N) is 9. The summed E-state index contributed by atoms with van der Waals surface area (Å²) in [5.41, 5.74) is 12.8. The van der Waals surface area contributed by atoms with Gasteiger partial charge in [0.15, 0.2) is 0 Å². The number of phenols is 3. The predicted octanol–water partition coefficient (Wildman–Crippen LogP) is 13.6. The Bertz CT molecular complexity index is 3690. The molecule has 12 nitrogen and oxygen atoms in total. The SMILES string of the molecule is CC(C)(c1ccccc1)c1cc(-n2nc3ccccc3n2)c(O)c(C(C)(C)c2ccccc2)c1.Cc1cc(-n2nc3ccc(Cl)cc3n2)c(O)c(C(C)(C)C)c1.Cc1ccc(O)c(-n2nc3ccccc3n2)c1. The van der Waals surface area contributed by atoms with Crippen molar-refractivity contribution < 1.29 is 15.3 Å². The molecule has 0 bridgehead atoms. The van der Waals surface area contributed by atoms with E-state index in [9.17, 15) is 15.3 Å². The molecule has 0 atom stereocenters. The molecule has 0 saturated carbocycles. The van der Waals surface area contributed by atoms with Gasteiger partial charge >= 0.3 is 0 Å². The summed E-state index contributed by atoms with van der Waals surface area (Å²) >= 11 is 5.99. The van der Waals surface area contributed by atoms with E-state index in [0.717, 1.165) is 61.0 Å². The molecule has 0 saturated heterocycles. The van der Waals surface area contributed by atoms with Gasteiger partial charge in [-0.25, -0.2) is 0 Å². The molecule has 73 heavy (non-hydrogen) atoms. The number of halogens is 1. The van der Waals surface area contributed by atoms with Gasteiger partial charge in [0.2, 0.25) is 0 Å². The quantitative estimate of drug-likeness (QED) is 0.142. The zero-order chi connectivity index (χ0) is 51.8. The number of aromatic nitrogens is 9. The third kappa shape index (κ3) is 10.2. The number of benzene rings is 8. The maximum Gasteiger partial charge on any atom is 0.147 e. The number of rotatable bonds is 7. The zero-order valence-corrected chi connectivity index (χ0v) is 43.2. The smallest absolute Gasteiger partial charge is 0.147 e. The molecular formula is C60H58ClN9O3. The van der Waals surface area contributed by atoms with E-state index >= 15 is 0 Å². The fourth-order valence-electron chi connectivity index (χ4n) is 8.85. The molecule has 11 aromatic rings. The molecule has 0 aliphatic carbocycles. The Kier molecular flexibility index (Phi) is 13.4. The molecule has 0 fully saturated rings. The summed E-state index contributed by atoms with van der Waals surface area (Å²) < 4.78 is 0. The van der Waals surface area contributed by atoms with Gasteiger partial charge in [-0.15, -0.1) is 45.0 Å². The zero-order valence-electron chi connectivity index (χ0n) is 42.4. The van der Waals surface area contributed by atoms with Crippen LogP contribution in [0.3, 0.4) is 0 Å². The van der Waals surface area contributed by atoms with Crippen LogP contribution in [0.2, 0.25) is 5.02 Å². The van der Waals surface area contributed by atoms with Gasteiger partial charge in [0.25, 0.3) is 0 Å². The molecule has 0 aliphatic heterocycles. The lowest BCUT2D eigenvalue weighted by Crippen LogP contribution is -2.24. The van der Waals surface area contributed by atoms with Crippen molar-refractivity contribution in [3.05, 3.63) is 214 Å². The van der Waals surface area contributed by atoms with Crippen molar-refractivity contribution >= 4 is 44.7 Å². The average molecular weight is 989 g/mol. The Morgan fingerprint density at radius 3 is 1.32 bits per heavy atom. The summed E-state index contributed by atoms with van der Waals surface area (Å²) in [6, 6.07) is 54.9. The highest BCUT2D eigenvalue weighted by atomic mass is 35.5. The normalized spacial score (nSPS) is 11.9. The largest absolute Gasteiger partial charge is 0.506 e. The van der Waals surface area contributed by atoms with Gasteiger partial charge < -0.3 is 15.3 Å². The molecule has 3 N–H and O–H groups in total. The van der Waals surface area contributed by atoms with Gasteiger partial charge in [-0.05, 0) is 114 Å². The topological polar surface area (TPSA) is 153 Å². The Hall–Kier alpha value is -8.35. The van der Waals surface area contributed by atoms with Crippen LogP contribution in [0.1, 0.15) is 87.4 Å². The van der Waals surface area contributed by atoms with E-state index in [1.54, 1.807) is 23.0 Å². The molecule has 13 heteroatoms. The van der Waals surface area contributed by atoms with Gasteiger partial charge in [-0.3, -0.25) is 0 Å². The molecule has 11 rings (SSSR count). The molecule has 0 unspecified atom stereocenters. The van der Waals surface area contributed by atoms with E-state index < -0.39 is 5.41 Å². The molecule has 3 aromatic heterocycles. The fourth-order valence-corrected chi connectivity index (χ4v) is 9.01. The van der Waals surface area contributed by atoms with E-state index in [-0.39, 0.29) is 28.1 Å². The minimum atomic E-state index is -0.435. The highest BCUT2D eigenvalue weighted by Gasteiger charge is 2.33. The first-order valence-electron chi connectivity index (χ1n) is 24.1. The number of fused-ring (bicyclic) bond motifs is 3. The third-order valence-corrected chi connectivity index (χ3v) is 13.4. The number of phenolic OH excluding ortho intramolecular Hbond substituents is 3. The van der Waals surface area contributed by atoms with E-state index in [2.05, 4.69) is 122 Å². The second-order valence-corrected chi connectivity index (χ2v) is 20.8. The maximum atomic E-state index is 11.6. The summed E-state index contributed by atoms with van der Waals surface area (Å²) in [6.07, 6.45) is 0. The van der Waals surface area contributed by atoms with Gasteiger partial charge in [0.05, 0.1) is 0 Å². The van der Waals surface area contributed by atoms with Crippen LogP contribution in [0.4, 0.5) is 0 Å². The first-order chi connectivity index (χ1) is 34.8. The monoisotopic (exact) mass is 987 g/mol. The minimum absolute atomic E-state index is 0.166. The van der Waals surface area contributed by atoms with Crippen molar-refractivity contribution in [1.82, 2.24) is 45.0 Å². The molecule has 8 aromatic carbocycles. The summed E-state index contributed by atoms with van der Waals surface area (Å²) in [5.74, 6) is 0.585. The first kappa shape index (κ1) is 49.6. The standard InChI is InChI=1S/C30H29N3O.C17H18ClN3O.C13H11N3O/c1-29(2,21-13-7-5-8-14-21)23-19-24(30(3,4)22-15-9-6-10-16-22)28(34)27(20-23)33-31-25-17-11-12-18-26(25)32-33;1-10-7-12(17(2,3)4)16(22)15(8-10)21-19-13-6-5-11(18)9-14(13)20-21;1-9-6-7-13(17)12(8-9)16-14-10-4-2-3-5-11(10)15-16/h5-20,34H,1-4H3;5-9,22H,1-4H3;2-8,17H,1H3. The van der Waals surface area contributed by atoms with Crippen LogP contribution in [0.5, 0.6) is 17.2 Å². The van der Waals surface area contributed by atoms with Crippen LogP contribution in [0.25, 0.3) is 50.2 Å². The summed E-state index contributed by atoms with van der Waals surface area (Å²) in [7, 11) is 0. The number of aromatic hydroxyl groups is 3. The lowest BCUT2D eigenvalue weighted by Gasteiger charge is -2.32. The minimum Gasteiger partial charge on any atom is -0.506 e. The van der Waals surface area contributed by atoms with Crippen molar-refractivity contribution in [2.24, 2.45) is 0 Å². The van der Waals surface area contributed by atoms with Crippen molar-refractivity contribution in [3.63, 3.8) is 0 Å². The number of hydrogen-bond acceptors (Lipinski definition) is 9. The van der Waals surface area contributed by atoms with Gasteiger partial charge in [0, 0.05) is 27.0 Å². The summed E-state index contributed by atoms with van der Waals surface area (Å²) in [4.78, 5) is 4.50. The Morgan fingerprint density at radius 2 is 0.795 bits per heavy atom. The average Bonchev–Trinajstić information content (AvgIpc) is 4.13. The summed E-state index contributed by atoms with van der Waals surface area (Å²) in [5, 5.41) is 59.6. The molecule has 0 amide bonds. The van der Waals surface area contributed by atoms with Crippen LogP contribution >= 0.6 is 11.6 Å². The van der Waals surface area contributed by atoms with E-state index in [0.29, 0.717) is 27.6 Å². The Labute approximate surface area is 429 Å². The van der Waals surface area contributed by atoms with Crippen molar-refractivity contribution in [2.45, 2.75) is 78.6 Å². The van der Waals surface area contributed by atoms with Crippen molar-refractivity contribution in [3.8, 4) is 34.3 Å². The highest BCUT2D eigenvalue weighted by molar-refractivity contribution is 6.31. The third-order valence-electron chi connectivity index (χ3n) is 13.2. The van der Waals surface area contributed by atoms with Crippen LogP contribution in [0.15, 0.2) is 170 Å². The maximum absolute atomic E-state index is 11.6. The molecule has 3 heterocycles. The molecule has 0 aliphatic rings. The number of hydrogen-bond donors (Lipinski definition) is 3. The number of aryl methyl sites for hydroxylation is 2. The van der Waals surface area contributed by atoms with Crippen LogP contribution in [0, 0.1) is 13.8 Å². The van der Waals surface area contributed by atoms with E-state index in [1.165, 1.54) is 15.2 Å². The van der Waals surface area contributed by atoms with Gasteiger partial charge in [0.1, 0.15) is 67.4 Å². The summed E-state index contributed by atoms with van der Waals surface area (Å²) in [6.45, 7) is 18.9. The molecular weight excluding hydrogens is 930 g/mol. The van der Waals surface area contributed by atoms with Crippen LogP contribution in [-0.4, -0.2) is 60.3 Å². The van der Waals surface area contributed by atoms with E-state index in [1.807, 2.05) is 123 Å². The lowest BCUT2D eigenvalue weighted by atomic mass is 9.72. The molecule has 368 valence electrons. The lowest BCUT2D eigenvalue weighted by molar-refractivity contribution is 0.440. The van der Waals surface area contributed by atoms with Crippen molar-refractivity contribution in [1.29, 1.82) is 0 Å². The fraction of sp³-hybridized carbons (Fsp3) is 0.200. The predicted molar refractivity (Wildman–Crippen MR) is 292 cm³/mol. The molecule has 0 radical (unpaired) electrons. The second-order valence-electron chi connectivity index (χ2n) is 20.4. The molecule has 0 spiro atoms. The Morgan fingerprint density at radius 1 is 0.370 bits per heavy atom. The van der Waals surface area contributed by atoms with Crippen molar-refractivity contribution in [2.75, 3.05) is 0 Å². The van der Waals surface area contributed by atoms with Crippen LogP contribution in [-0.2, 0) is 16.2 Å². The van der Waals surface area contributed by atoms with Crippen LogP contribution < -0.4 is 0 Å². The highest BCUT2D eigenvalue weighted by Crippen LogP contribution is 2.44. The Balaban J connectivity index is 0.000000145. The van der Waals surface area contributed by atoms with Gasteiger partial charge in [-0.2, -0.15) is 0 Å².